The standard InChI is InChI=1S/C26H32Cl2N8O6/c1-26(2,3)42-25(40)33-17(23(37)32-13-35(4)5)7-6-10-41-18-9-8-16(27)19(28)15(18)11-36-14-31-20-21(34-24(38)39)29-12-30-22(20)36/h8-9,12-14,17H,6-7,10-11H2,1-5H3,(H,33,40)(H,38,39)(H,29,30,34). The van der Waals surface area contributed by atoms with Crippen molar-refractivity contribution < 1.29 is 29.0 Å². The Labute approximate surface area is 252 Å². The number of hydrogen-bond donors (Lipinski definition) is 3. The van der Waals surface area contributed by atoms with E-state index in [4.69, 9.17) is 37.8 Å². The molecule has 0 aliphatic carbocycles. The Balaban J connectivity index is 1.74. The van der Waals surface area contributed by atoms with Gasteiger partial charge in [0, 0.05) is 19.7 Å². The number of nitrogens with one attached hydrogen (secondary N) is 2. The lowest BCUT2D eigenvalue weighted by Gasteiger charge is -2.22. The van der Waals surface area contributed by atoms with E-state index in [9.17, 15) is 14.4 Å². The second-order valence-electron chi connectivity index (χ2n) is 10.3. The van der Waals surface area contributed by atoms with Gasteiger partial charge in [-0.3, -0.25) is 10.1 Å². The largest absolute Gasteiger partial charge is 0.493 e. The third-order valence-electron chi connectivity index (χ3n) is 5.41. The Morgan fingerprint density at radius 2 is 1.93 bits per heavy atom. The molecule has 3 rings (SSSR count). The van der Waals surface area contributed by atoms with Crippen LogP contribution in [0, 0.1) is 0 Å². The summed E-state index contributed by atoms with van der Waals surface area (Å²) in [5.74, 6) is -0.0627. The van der Waals surface area contributed by atoms with E-state index in [2.05, 4.69) is 30.6 Å². The fourth-order valence-corrected chi connectivity index (χ4v) is 4.05. The molecule has 0 spiro atoms. The average molecular weight is 623 g/mol. The SMILES string of the molecule is CN(C)C=NC(=O)C(CCCOc1ccc(Cl)c(Cl)c1Cn1cnc2c(NC(=O)O)ncnc21)NC(=O)OC(C)(C)C. The van der Waals surface area contributed by atoms with Gasteiger partial charge in [-0.05, 0) is 45.7 Å². The molecule has 1 atom stereocenters. The molecule has 42 heavy (non-hydrogen) atoms. The highest BCUT2D eigenvalue weighted by molar-refractivity contribution is 6.42. The van der Waals surface area contributed by atoms with Crippen molar-refractivity contribution in [1.82, 2.24) is 29.7 Å². The number of imidazole rings is 1. The highest BCUT2D eigenvalue weighted by Crippen LogP contribution is 2.34. The molecule has 3 amide bonds. The molecule has 3 aromatic rings. The van der Waals surface area contributed by atoms with E-state index >= 15 is 0 Å². The molecule has 0 aliphatic rings. The van der Waals surface area contributed by atoms with Crippen LogP contribution in [0.4, 0.5) is 15.4 Å². The molecule has 14 nitrogen and oxygen atoms in total. The van der Waals surface area contributed by atoms with Crippen LogP contribution in [0.25, 0.3) is 11.2 Å². The summed E-state index contributed by atoms with van der Waals surface area (Å²) in [7, 11) is 3.45. The Hall–Kier alpha value is -4.17. The first-order chi connectivity index (χ1) is 19.7. The van der Waals surface area contributed by atoms with E-state index in [1.807, 2.05) is 0 Å². The third-order valence-corrected chi connectivity index (χ3v) is 6.25. The topological polar surface area (TPSA) is 173 Å². The minimum Gasteiger partial charge on any atom is -0.493 e. The Bertz CT molecular complexity index is 1470. The van der Waals surface area contributed by atoms with Gasteiger partial charge in [0.25, 0.3) is 5.91 Å². The molecule has 2 heterocycles. The summed E-state index contributed by atoms with van der Waals surface area (Å²) < 4.78 is 13.0. The number of alkyl carbamates (subject to hydrolysis) is 1. The van der Waals surface area contributed by atoms with Crippen LogP contribution in [0.2, 0.25) is 10.0 Å². The Kier molecular flexibility index (Phi) is 10.9. The monoisotopic (exact) mass is 622 g/mol. The second kappa shape index (κ2) is 14.1. The average Bonchev–Trinajstić information content (AvgIpc) is 3.30. The molecule has 0 saturated carbocycles. The van der Waals surface area contributed by atoms with Gasteiger partial charge in [0.15, 0.2) is 17.0 Å². The third kappa shape index (κ3) is 9.17. The number of aliphatic imine (C=N–C) groups is 1. The van der Waals surface area contributed by atoms with Crippen molar-refractivity contribution in [2.75, 3.05) is 26.0 Å². The fraction of sp³-hybridized carbons (Fsp3) is 0.423. The fourth-order valence-electron chi connectivity index (χ4n) is 3.66. The number of fused-ring (bicyclic) bond motifs is 1. The number of carbonyl (C=O) groups excluding carboxylic acids is 2. The van der Waals surface area contributed by atoms with E-state index < -0.39 is 29.7 Å². The lowest BCUT2D eigenvalue weighted by atomic mass is 10.1. The maximum atomic E-state index is 12.7. The number of amides is 3. The van der Waals surface area contributed by atoms with Gasteiger partial charge in [0.2, 0.25) is 0 Å². The highest BCUT2D eigenvalue weighted by atomic mass is 35.5. The number of hydrogen-bond acceptors (Lipinski definition) is 8. The number of anilines is 1. The van der Waals surface area contributed by atoms with Gasteiger partial charge < -0.3 is 29.4 Å². The minimum atomic E-state index is -1.28. The molecule has 2 aromatic heterocycles. The molecule has 0 saturated heterocycles. The molecule has 0 aliphatic heterocycles. The normalized spacial score (nSPS) is 12.3. The first-order valence-corrected chi connectivity index (χ1v) is 13.5. The van der Waals surface area contributed by atoms with Crippen LogP contribution in [0.15, 0.2) is 29.8 Å². The molecule has 3 N–H and O–H groups in total. The molecule has 1 aromatic carbocycles. The quantitative estimate of drug-likeness (QED) is 0.157. The van der Waals surface area contributed by atoms with Crippen molar-refractivity contribution >= 4 is 64.6 Å². The van der Waals surface area contributed by atoms with Gasteiger partial charge in [-0.15, -0.1) is 0 Å². The zero-order valence-electron chi connectivity index (χ0n) is 23.7. The highest BCUT2D eigenvalue weighted by Gasteiger charge is 2.24. The number of rotatable bonds is 11. The summed E-state index contributed by atoms with van der Waals surface area (Å²) in [5, 5.41) is 14.4. The maximum absolute atomic E-state index is 12.7. The van der Waals surface area contributed by atoms with Crippen LogP contribution >= 0.6 is 23.2 Å². The number of ether oxygens (including phenoxy) is 2. The van der Waals surface area contributed by atoms with Gasteiger partial charge in [-0.25, -0.2) is 29.5 Å². The van der Waals surface area contributed by atoms with E-state index in [1.165, 1.54) is 19.0 Å². The van der Waals surface area contributed by atoms with Crippen molar-refractivity contribution in [3.63, 3.8) is 0 Å². The predicted octanol–water partition coefficient (Wildman–Crippen LogP) is 4.44. The Morgan fingerprint density at radius 3 is 2.60 bits per heavy atom. The van der Waals surface area contributed by atoms with Crippen molar-refractivity contribution in [3.8, 4) is 5.75 Å². The lowest BCUT2D eigenvalue weighted by molar-refractivity contribution is -0.120. The van der Waals surface area contributed by atoms with Gasteiger partial charge >= 0.3 is 12.2 Å². The van der Waals surface area contributed by atoms with E-state index in [-0.39, 0.29) is 35.9 Å². The van der Waals surface area contributed by atoms with Crippen molar-refractivity contribution in [1.29, 1.82) is 0 Å². The number of nitrogens with zero attached hydrogens (tertiary/aromatic N) is 6. The van der Waals surface area contributed by atoms with Crippen LogP contribution in [-0.2, 0) is 16.1 Å². The number of halogens is 2. The Morgan fingerprint density at radius 1 is 1.19 bits per heavy atom. The number of carbonyl (C=O) groups is 3. The summed E-state index contributed by atoms with van der Waals surface area (Å²) in [6, 6.07) is 2.33. The summed E-state index contributed by atoms with van der Waals surface area (Å²) in [4.78, 5) is 54.0. The number of aromatic nitrogens is 4. The van der Waals surface area contributed by atoms with E-state index in [1.54, 1.807) is 56.5 Å². The zero-order chi connectivity index (χ0) is 31.0. The molecule has 226 valence electrons. The van der Waals surface area contributed by atoms with Crippen LogP contribution in [0.1, 0.15) is 39.2 Å². The van der Waals surface area contributed by atoms with Gasteiger partial charge in [0.05, 0.1) is 35.9 Å². The summed E-state index contributed by atoms with van der Waals surface area (Å²) in [6.45, 7) is 5.49. The smallest absolute Gasteiger partial charge is 0.410 e. The predicted molar refractivity (Wildman–Crippen MR) is 158 cm³/mol. The molecule has 16 heteroatoms. The molecule has 0 bridgehead atoms. The van der Waals surface area contributed by atoms with E-state index in [0.29, 0.717) is 28.4 Å². The van der Waals surface area contributed by atoms with Crippen LogP contribution in [0.5, 0.6) is 5.75 Å². The zero-order valence-corrected chi connectivity index (χ0v) is 25.2. The maximum Gasteiger partial charge on any atom is 0.410 e. The van der Waals surface area contributed by atoms with Gasteiger partial charge in [-0.2, -0.15) is 0 Å². The lowest BCUT2D eigenvalue weighted by Crippen LogP contribution is -2.43. The van der Waals surface area contributed by atoms with Crippen molar-refractivity contribution in [2.24, 2.45) is 4.99 Å². The van der Waals surface area contributed by atoms with Crippen molar-refractivity contribution in [3.05, 3.63) is 40.4 Å². The first kappa shape index (κ1) is 32.3. The molecular formula is C26H32Cl2N8O6. The minimum absolute atomic E-state index is 0.0407. The van der Waals surface area contributed by atoms with Crippen LogP contribution in [-0.4, -0.2) is 86.3 Å². The van der Waals surface area contributed by atoms with Crippen molar-refractivity contribution in [2.45, 2.75) is 51.8 Å². The van der Waals surface area contributed by atoms with Crippen LogP contribution < -0.4 is 15.4 Å². The summed E-state index contributed by atoms with van der Waals surface area (Å²) in [6.07, 6.45) is 2.63. The van der Waals surface area contributed by atoms with Crippen LogP contribution in [0.3, 0.4) is 0 Å². The van der Waals surface area contributed by atoms with Gasteiger partial charge in [0.1, 0.15) is 23.7 Å². The number of carboxylic acid groups (broad SMARTS) is 1. The molecule has 1 unspecified atom stereocenters. The molecule has 0 fully saturated rings. The molecular weight excluding hydrogens is 591 g/mol. The summed E-state index contributed by atoms with van der Waals surface area (Å²) in [5.41, 5.74) is 0.415. The van der Waals surface area contributed by atoms with E-state index in [0.717, 1.165) is 0 Å². The first-order valence-electron chi connectivity index (χ1n) is 12.7. The second-order valence-corrected chi connectivity index (χ2v) is 11.1. The van der Waals surface area contributed by atoms with Gasteiger partial charge in [-0.1, -0.05) is 23.2 Å². The number of benzene rings is 1. The molecule has 0 radical (unpaired) electrons. The summed E-state index contributed by atoms with van der Waals surface area (Å²) >= 11 is 12.8.